The number of ether oxygens (including phenoxy) is 2. The molecule has 0 aromatic heterocycles. The third-order valence-electron chi connectivity index (χ3n) is 6.87. The third kappa shape index (κ3) is 5.40. The molecule has 0 N–H and O–H groups in total. The minimum atomic E-state index is -0.386. The number of benzene rings is 2. The minimum Gasteiger partial charge on any atom is -0.496 e. The zero-order valence-electron chi connectivity index (χ0n) is 21.1. The Morgan fingerprint density at radius 2 is 1.91 bits per heavy atom. The summed E-state index contributed by atoms with van der Waals surface area (Å²) >= 11 is 0. The van der Waals surface area contributed by atoms with Crippen LogP contribution in [0.25, 0.3) is 0 Å². The number of para-hydroxylation sites is 1. The van der Waals surface area contributed by atoms with Crippen LogP contribution in [0, 0.1) is 13.8 Å². The monoisotopic (exact) mass is 477 g/mol. The molecule has 2 heterocycles. The van der Waals surface area contributed by atoms with E-state index in [1.54, 1.807) is 12.1 Å². The Morgan fingerprint density at radius 3 is 2.66 bits per heavy atom. The molecule has 7 heteroatoms. The van der Waals surface area contributed by atoms with Gasteiger partial charge in [-0.05, 0) is 51.8 Å². The number of hydrogen-bond donors (Lipinski definition) is 0. The van der Waals surface area contributed by atoms with Crippen LogP contribution in [0.5, 0.6) is 5.75 Å². The molecule has 2 aliphatic heterocycles. The summed E-state index contributed by atoms with van der Waals surface area (Å²) in [7, 11) is 1.64. The van der Waals surface area contributed by atoms with Crippen molar-refractivity contribution in [3.63, 3.8) is 0 Å². The van der Waals surface area contributed by atoms with Crippen molar-refractivity contribution in [3.8, 4) is 5.75 Å². The molecule has 1 saturated heterocycles. The standard InChI is InChI=1S/C28H35N3O4/c1-5-35-28(33)24-11-8-9-15-30(24)18-27(32)31-25(22-10-6-7-12-26(22)34-4)17-23(29-31)21-14-13-19(2)16-20(21)3/h6-7,10,12-14,16,24-25H,5,8-9,11,15,17-18H2,1-4H3/t24-,25-/m0/s1. The molecule has 0 bridgehead atoms. The lowest BCUT2D eigenvalue weighted by Crippen LogP contribution is -2.49. The summed E-state index contributed by atoms with van der Waals surface area (Å²) in [4.78, 5) is 28.2. The number of likely N-dealkylation sites (tertiary alicyclic amines) is 1. The molecule has 0 spiro atoms. The summed E-state index contributed by atoms with van der Waals surface area (Å²) in [5.74, 6) is 0.355. The van der Waals surface area contributed by atoms with Gasteiger partial charge >= 0.3 is 5.97 Å². The van der Waals surface area contributed by atoms with Crippen molar-refractivity contribution in [1.82, 2.24) is 9.91 Å². The SMILES string of the molecule is CCOC(=O)[C@@H]1CCCCN1CC(=O)N1N=C(c2ccc(C)cc2C)C[C@H]1c1ccccc1OC. The highest BCUT2D eigenvalue weighted by Crippen LogP contribution is 2.38. The van der Waals surface area contributed by atoms with E-state index in [1.165, 1.54) is 5.56 Å². The Morgan fingerprint density at radius 1 is 1.11 bits per heavy atom. The first kappa shape index (κ1) is 24.9. The van der Waals surface area contributed by atoms with Crippen molar-refractivity contribution in [2.45, 2.75) is 58.5 Å². The molecule has 0 saturated carbocycles. The van der Waals surface area contributed by atoms with Crippen LogP contribution in [0.1, 0.15) is 60.9 Å². The fourth-order valence-electron chi connectivity index (χ4n) is 5.16. The van der Waals surface area contributed by atoms with Gasteiger partial charge in [0.25, 0.3) is 5.91 Å². The second kappa shape index (κ2) is 11.0. The summed E-state index contributed by atoms with van der Waals surface area (Å²) in [6.45, 7) is 7.10. The van der Waals surface area contributed by atoms with E-state index in [4.69, 9.17) is 14.6 Å². The molecule has 4 rings (SSSR count). The predicted octanol–water partition coefficient (Wildman–Crippen LogP) is 4.41. The third-order valence-corrected chi connectivity index (χ3v) is 6.87. The van der Waals surface area contributed by atoms with Crippen LogP contribution < -0.4 is 4.74 Å². The zero-order valence-corrected chi connectivity index (χ0v) is 21.1. The Kier molecular flexibility index (Phi) is 7.86. The van der Waals surface area contributed by atoms with Gasteiger partial charge in [-0.3, -0.25) is 14.5 Å². The van der Waals surface area contributed by atoms with Gasteiger partial charge < -0.3 is 9.47 Å². The largest absolute Gasteiger partial charge is 0.496 e. The number of carbonyl (C=O) groups is 2. The van der Waals surface area contributed by atoms with E-state index in [9.17, 15) is 9.59 Å². The molecule has 7 nitrogen and oxygen atoms in total. The van der Waals surface area contributed by atoms with Crippen molar-refractivity contribution < 1.29 is 19.1 Å². The molecule has 2 aromatic rings. The van der Waals surface area contributed by atoms with Crippen LogP contribution in [0.4, 0.5) is 0 Å². The van der Waals surface area contributed by atoms with E-state index in [2.05, 4.69) is 32.0 Å². The summed E-state index contributed by atoms with van der Waals surface area (Å²) in [6, 6.07) is 13.4. The van der Waals surface area contributed by atoms with Crippen LogP contribution in [0.3, 0.4) is 0 Å². The van der Waals surface area contributed by atoms with Gasteiger partial charge in [0.05, 0.1) is 32.0 Å². The fourth-order valence-corrected chi connectivity index (χ4v) is 5.16. The number of carbonyl (C=O) groups excluding carboxylic acids is 2. The molecular formula is C28H35N3O4. The number of nitrogens with zero attached hydrogens (tertiary/aromatic N) is 3. The number of methoxy groups -OCH3 is 1. The van der Waals surface area contributed by atoms with Crippen molar-refractivity contribution in [2.75, 3.05) is 26.8 Å². The van der Waals surface area contributed by atoms with Gasteiger partial charge in [0.2, 0.25) is 0 Å². The average Bonchev–Trinajstić information content (AvgIpc) is 3.29. The van der Waals surface area contributed by atoms with Crippen LogP contribution in [0.2, 0.25) is 0 Å². The lowest BCUT2D eigenvalue weighted by Gasteiger charge is -2.34. The van der Waals surface area contributed by atoms with E-state index in [0.29, 0.717) is 26.0 Å². The van der Waals surface area contributed by atoms with Gasteiger partial charge in [-0.25, -0.2) is 5.01 Å². The van der Waals surface area contributed by atoms with Crippen molar-refractivity contribution >= 4 is 17.6 Å². The Labute approximate surface area is 207 Å². The van der Waals surface area contributed by atoms with Gasteiger partial charge in [-0.2, -0.15) is 5.10 Å². The summed E-state index contributed by atoms with van der Waals surface area (Å²) in [5, 5.41) is 6.46. The summed E-state index contributed by atoms with van der Waals surface area (Å²) in [6.07, 6.45) is 3.21. The molecule has 2 aromatic carbocycles. The second-order valence-corrected chi connectivity index (χ2v) is 9.30. The summed E-state index contributed by atoms with van der Waals surface area (Å²) < 4.78 is 10.9. The predicted molar refractivity (Wildman–Crippen MR) is 135 cm³/mol. The van der Waals surface area contributed by atoms with E-state index < -0.39 is 0 Å². The molecule has 0 radical (unpaired) electrons. The van der Waals surface area contributed by atoms with Gasteiger partial charge in [-0.15, -0.1) is 0 Å². The zero-order chi connectivity index (χ0) is 24.9. The van der Waals surface area contributed by atoms with Gasteiger partial charge in [-0.1, -0.05) is 48.4 Å². The van der Waals surface area contributed by atoms with Crippen LogP contribution in [0.15, 0.2) is 47.6 Å². The molecule has 1 amide bonds. The Bertz CT molecular complexity index is 1110. The van der Waals surface area contributed by atoms with Crippen molar-refractivity contribution in [3.05, 3.63) is 64.7 Å². The molecule has 2 atom stereocenters. The maximum atomic E-state index is 13.7. The number of hydrazone groups is 1. The lowest BCUT2D eigenvalue weighted by molar-refractivity contribution is -0.152. The fraction of sp³-hybridized carbons (Fsp3) is 0.464. The molecular weight excluding hydrogens is 442 g/mol. The first-order chi connectivity index (χ1) is 16.9. The summed E-state index contributed by atoms with van der Waals surface area (Å²) in [5.41, 5.74) is 5.18. The normalized spacial score (nSPS) is 20.5. The molecule has 186 valence electrons. The number of aryl methyl sites for hydroxylation is 2. The minimum absolute atomic E-state index is 0.124. The van der Waals surface area contributed by atoms with E-state index in [-0.39, 0.29) is 30.5 Å². The number of piperidine rings is 1. The van der Waals surface area contributed by atoms with Crippen molar-refractivity contribution in [1.29, 1.82) is 0 Å². The van der Waals surface area contributed by atoms with Crippen LogP contribution in [-0.2, 0) is 14.3 Å². The topological polar surface area (TPSA) is 71.4 Å². The molecule has 2 aliphatic rings. The van der Waals surface area contributed by atoms with Gasteiger partial charge in [0.15, 0.2) is 0 Å². The number of rotatable bonds is 7. The maximum absolute atomic E-state index is 13.7. The average molecular weight is 478 g/mol. The van der Waals surface area contributed by atoms with Gasteiger partial charge in [0.1, 0.15) is 11.8 Å². The smallest absolute Gasteiger partial charge is 0.323 e. The maximum Gasteiger partial charge on any atom is 0.323 e. The quantitative estimate of drug-likeness (QED) is 0.553. The van der Waals surface area contributed by atoms with E-state index in [1.807, 2.05) is 36.1 Å². The first-order valence-corrected chi connectivity index (χ1v) is 12.4. The Balaban J connectivity index is 1.65. The molecule has 0 unspecified atom stereocenters. The molecule has 0 aliphatic carbocycles. The highest BCUT2D eigenvalue weighted by molar-refractivity contribution is 6.04. The molecule has 1 fully saturated rings. The van der Waals surface area contributed by atoms with Crippen molar-refractivity contribution in [2.24, 2.45) is 5.10 Å². The first-order valence-electron chi connectivity index (χ1n) is 12.4. The molecule has 35 heavy (non-hydrogen) atoms. The Hall–Kier alpha value is -3.19. The number of amides is 1. The van der Waals surface area contributed by atoms with Crippen LogP contribution in [-0.4, -0.2) is 60.3 Å². The lowest BCUT2D eigenvalue weighted by atomic mass is 9.94. The van der Waals surface area contributed by atoms with Gasteiger partial charge in [0, 0.05) is 17.5 Å². The van der Waals surface area contributed by atoms with Crippen LogP contribution >= 0.6 is 0 Å². The highest BCUT2D eigenvalue weighted by Gasteiger charge is 2.38. The highest BCUT2D eigenvalue weighted by atomic mass is 16.5. The number of esters is 1. The van der Waals surface area contributed by atoms with E-state index >= 15 is 0 Å². The second-order valence-electron chi connectivity index (χ2n) is 9.30. The van der Waals surface area contributed by atoms with E-state index in [0.717, 1.165) is 41.0 Å². The number of hydrogen-bond acceptors (Lipinski definition) is 6.